The maximum absolute atomic E-state index is 14.0. The van der Waals surface area contributed by atoms with E-state index in [1.54, 1.807) is 90.3 Å². The second-order valence-corrected chi connectivity index (χ2v) is 33.4. The number of anilines is 2. The summed E-state index contributed by atoms with van der Waals surface area (Å²) in [6.07, 6.45) is 13.7. The van der Waals surface area contributed by atoms with Crippen LogP contribution in [0.4, 0.5) is 21.0 Å². The molecular formula is C80H106N8O19S4. The average Bonchev–Trinajstić information content (AvgIpc) is 1.67. The molecule has 0 saturated carbocycles. The van der Waals surface area contributed by atoms with Crippen LogP contribution in [0.15, 0.2) is 97.1 Å². The minimum Gasteiger partial charge on any atom is -0.493 e. The van der Waals surface area contributed by atoms with Crippen LogP contribution < -0.4 is 54.7 Å². The van der Waals surface area contributed by atoms with E-state index in [0.29, 0.717) is 155 Å². The van der Waals surface area contributed by atoms with E-state index in [0.717, 1.165) is 129 Å². The lowest BCUT2D eigenvalue weighted by Gasteiger charge is -2.33. The lowest BCUT2D eigenvalue weighted by Crippen LogP contribution is -2.51. The third-order valence-electron chi connectivity index (χ3n) is 20.4. The van der Waals surface area contributed by atoms with Gasteiger partial charge < -0.3 is 93.4 Å². The van der Waals surface area contributed by atoms with Crippen molar-refractivity contribution in [2.75, 3.05) is 156 Å². The summed E-state index contributed by atoms with van der Waals surface area (Å²) in [5, 5.41) is 12.5. The number of nitrogens with one attached hydrogen (secondary N) is 1. The number of nitrogens with zero attached hydrogens (tertiary/aromatic N) is 5. The molecule has 8 aliphatic heterocycles. The molecule has 6 N–H and O–H groups in total. The van der Waals surface area contributed by atoms with Crippen LogP contribution in [0, 0.1) is 0 Å². The summed E-state index contributed by atoms with van der Waals surface area (Å²) in [6.45, 7) is 23.1. The van der Waals surface area contributed by atoms with Gasteiger partial charge in [-0.1, -0.05) is 91.8 Å². The highest BCUT2D eigenvalue weighted by atomic mass is 33.1. The molecule has 6 saturated heterocycles. The lowest BCUT2D eigenvalue weighted by molar-refractivity contribution is -0.0200. The van der Waals surface area contributed by atoms with Crippen molar-refractivity contribution in [3.05, 3.63) is 131 Å². The first-order valence-corrected chi connectivity index (χ1v) is 43.0. The third-order valence-corrected chi connectivity index (χ3v) is 24.0. The van der Waals surface area contributed by atoms with Crippen LogP contribution in [0.5, 0.6) is 46.0 Å². The third kappa shape index (κ3) is 21.9. The Hall–Kier alpha value is -8.46. The van der Waals surface area contributed by atoms with E-state index in [-0.39, 0.29) is 70.7 Å². The molecule has 8 aliphatic rings. The van der Waals surface area contributed by atoms with Crippen molar-refractivity contribution in [1.29, 1.82) is 0 Å². The molecule has 2 unspecified atom stereocenters. The van der Waals surface area contributed by atoms with E-state index in [9.17, 15) is 33.9 Å². The van der Waals surface area contributed by atoms with Crippen molar-refractivity contribution in [2.24, 2.45) is 0 Å². The van der Waals surface area contributed by atoms with Crippen LogP contribution in [-0.4, -0.2) is 247 Å². The highest BCUT2D eigenvalue weighted by molar-refractivity contribution is 8.76. The van der Waals surface area contributed by atoms with Gasteiger partial charge in [-0.3, -0.25) is 24.2 Å². The van der Waals surface area contributed by atoms with Gasteiger partial charge in [-0.15, -0.1) is 0 Å². The Labute approximate surface area is 666 Å². The zero-order valence-corrected chi connectivity index (χ0v) is 67.7. The molecular weight excluding hydrogens is 1510 g/mol. The zero-order valence-electron chi connectivity index (χ0n) is 64.4. The first-order valence-electron chi connectivity index (χ1n) is 37.5. The number of likely N-dealkylation sites (tertiary alicyclic amines) is 1. The number of aromatic carboxylic acids is 1. The van der Waals surface area contributed by atoms with E-state index >= 15 is 0 Å². The molecule has 6 atom stereocenters. The van der Waals surface area contributed by atoms with Crippen LogP contribution in [-0.2, 0) is 31.8 Å². The molecule has 4 aromatic rings. The van der Waals surface area contributed by atoms with E-state index < -0.39 is 24.3 Å². The standard InChI is InChI=1S/C40H52N4O9S2.C28H34N2O7.C12H20N2O3S2/c1-25-17-28-10-9-27-19-35(33(48-3)20-29(27)37(45)43(28)23-25)50-12-7-6-8-13-51-36-22-31(41)30(21-34(36)49-4)38(46)44-24-26(2)18-32(44)39-42(11-14-52-39)40(47)53-15-16-55-54-5;1-17-11-19-8-7-18-12-25(23(34-2)13-20(18)27(31)30(19)16-17)36-9-5-4-6-10-37-26-15-22(29)21(28(32)33)14-24(26)35-3;1-9-7-10(13-8-9)11-14(3-4-16-11)12(15)17-5-6-19-18-2/h19-22,28,32,39H,1-2,6-18,23-24,41H2,3-5H3;12-15,19H,1,4-11,16,29H2,2-3H3,(H,32,33);10-11,13H,1,3-8H2,2H3/t28-,32+,39?;19-;10-,11?/m110/s1. The number of carboxylic acid groups (broad SMARTS) is 1. The lowest BCUT2D eigenvalue weighted by atomic mass is 10.00. The molecule has 8 heterocycles. The van der Waals surface area contributed by atoms with Gasteiger partial charge in [-0.25, -0.2) is 14.4 Å². The Bertz CT molecular complexity index is 4020. The van der Waals surface area contributed by atoms with Gasteiger partial charge in [-0.05, 0) is 144 Å². The van der Waals surface area contributed by atoms with Crippen LogP contribution in [0.2, 0.25) is 0 Å². The Morgan fingerprint density at radius 2 is 0.937 bits per heavy atom. The number of carbonyl (C=O) groups is 6. The molecule has 0 aliphatic carbocycles. The molecule has 111 heavy (non-hydrogen) atoms. The van der Waals surface area contributed by atoms with Gasteiger partial charge in [-0.2, -0.15) is 0 Å². The fourth-order valence-corrected chi connectivity index (χ4v) is 16.9. The van der Waals surface area contributed by atoms with E-state index in [1.807, 2.05) is 40.5 Å². The molecule has 4 aromatic carbocycles. The van der Waals surface area contributed by atoms with Gasteiger partial charge >= 0.3 is 18.2 Å². The number of benzene rings is 4. The van der Waals surface area contributed by atoms with E-state index in [4.69, 9.17) is 68.3 Å². The molecule has 31 heteroatoms. The number of nitrogen functional groups attached to an aromatic ring is 2. The Morgan fingerprint density at radius 3 is 1.38 bits per heavy atom. The Kier molecular flexibility index (Phi) is 31.7. The Morgan fingerprint density at radius 1 is 0.514 bits per heavy atom. The van der Waals surface area contributed by atoms with Crippen molar-refractivity contribution in [3.63, 3.8) is 0 Å². The summed E-state index contributed by atoms with van der Waals surface area (Å²) >= 11 is 0. The maximum Gasteiger partial charge on any atom is 0.412 e. The topological polar surface area (TPSA) is 314 Å². The molecule has 27 nitrogen and oxygen atoms in total. The highest BCUT2D eigenvalue weighted by Crippen LogP contribution is 2.42. The fourth-order valence-electron chi connectivity index (χ4n) is 14.9. The molecule has 0 bridgehead atoms. The number of ether oxygens (including phenoxy) is 12. The summed E-state index contributed by atoms with van der Waals surface area (Å²) in [4.78, 5) is 85.4. The van der Waals surface area contributed by atoms with Gasteiger partial charge in [0.15, 0.2) is 58.5 Å². The number of carbonyl (C=O) groups excluding carboxylic acids is 5. The Balaban J connectivity index is 0.000000200. The van der Waals surface area contributed by atoms with Crippen molar-refractivity contribution >= 4 is 90.4 Å². The summed E-state index contributed by atoms with van der Waals surface area (Å²) in [5.74, 6) is 4.10. The smallest absolute Gasteiger partial charge is 0.412 e. The highest BCUT2D eigenvalue weighted by Gasteiger charge is 2.46. The number of hydrogen-bond acceptors (Lipinski definition) is 25. The SMILES string of the molecule is C=C1CN[C@H](C2OCCN2C(=O)OCCSSC)C1.C=C1C[C@H]2CCc3cc(OCCCCCOc4cc(N)c(C(=O)N5CC(=C)C[C@H]5C5OCCN5C(=O)OCCSSC)cc4OC)c(OC)cc3C(=O)N2C1.C=C1C[C@H]2CCc3cc(OCCCCCOc4cc(N)c(C(=O)O)cc4OC)c(OC)cc3C(=O)N2C1. The molecule has 5 amide bonds. The first kappa shape index (κ1) is 85.0. The minimum atomic E-state index is -1.12. The number of fused-ring (bicyclic) bond motifs is 4. The molecule has 604 valence electrons. The van der Waals surface area contributed by atoms with Crippen LogP contribution in [0.25, 0.3) is 0 Å². The second kappa shape index (κ2) is 41.4. The monoisotopic (exact) mass is 1610 g/mol. The largest absolute Gasteiger partial charge is 0.493 e. The number of nitrogens with two attached hydrogens (primary N) is 2. The summed E-state index contributed by atoms with van der Waals surface area (Å²) < 4.78 is 68.4. The summed E-state index contributed by atoms with van der Waals surface area (Å²) in [6, 6.07) is 13.7. The number of hydrogen-bond donors (Lipinski definition) is 4. The predicted octanol–water partition coefficient (Wildman–Crippen LogP) is 12.2. The number of amides is 5. The average molecular weight is 1610 g/mol. The van der Waals surface area contributed by atoms with Crippen LogP contribution >= 0.6 is 43.2 Å². The number of unbranched alkanes of at least 4 members (excludes halogenated alkanes) is 4. The molecule has 0 radical (unpaired) electrons. The molecule has 6 fully saturated rings. The van der Waals surface area contributed by atoms with Gasteiger partial charge in [0.05, 0.1) is 110 Å². The molecule has 0 spiro atoms. The molecule has 0 aromatic heterocycles. The maximum atomic E-state index is 14.0. The van der Waals surface area contributed by atoms with Gasteiger partial charge in [0.2, 0.25) is 0 Å². The fraction of sp³-hybridized carbons (Fsp3) is 0.525. The van der Waals surface area contributed by atoms with Crippen LogP contribution in [0.3, 0.4) is 0 Å². The van der Waals surface area contributed by atoms with E-state index in [2.05, 4.69) is 31.6 Å². The number of aryl methyl sites for hydroxylation is 2. The predicted molar refractivity (Wildman–Crippen MR) is 433 cm³/mol. The van der Waals surface area contributed by atoms with E-state index in [1.165, 1.54) is 26.4 Å². The zero-order chi connectivity index (χ0) is 79.3. The first-order chi connectivity index (χ1) is 53.7. The van der Waals surface area contributed by atoms with Gasteiger partial charge in [0.1, 0.15) is 13.2 Å². The summed E-state index contributed by atoms with van der Waals surface area (Å²) in [5.41, 5.74) is 20.5. The van der Waals surface area contributed by atoms with Crippen molar-refractivity contribution in [1.82, 2.24) is 29.8 Å². The second-order valence-electron chi connectivity index (χ2n) is 28.0. The van der Waals surface area contributed by atoms with Crippen molar-refractivity contribution in [3.8, 4) is 46.0 Å². The number of rotatable bonds is 32. The quantitative estimate of drug-likeness (QED) is 0.0153. The number of carboxylic acids is 1. The number of methoxy groups -OCH3 is 4. The van der Waals surface area contributed by atoms with Gasteiger partial charge in [0.25, 0.3) is 17.7 Å². The van der Waals surface area contributed by atoms with Crippen molar-refractivity contribution < 1.29 is 90.7 Å². The van der Waals surface area contributed by atoms with Gasteiger partial charge in [0, 0.05) is 84.8 Å². The summed E-state index contributed by atoms with van der Waals surface area (Å²) in [7, 11) is 12.7. The van der Waals surface area contributed by atoms with Crippen LogP contribution in [0.1, 0.15) is 130 Å². The molecule has 12 rings (SSSR count). The normalized spacial score (nSPS) is 20.4. The minimum absolute atomic E-state index is 0.0230. The van der Waals surface area contributed by atoms with Crippen molar-refractivity contribution in [2.45, 2.75) is 127 Å².